The van der Waals surface area contributed by atoms with E-state index in [0.717, 1.165) is 0 Å². The zero-order valence-corrected chi connectivity index (χ0v) is 48.0. The number of hydrogen-bond acceptors (Lipinski definition) is 25. The van der Waals surface area contributed by atoms with E-state index >= 15 is 0 Å². The molecule has 0 amide bonds. The summed E-state index contributed by atoms with van der Waals surface area (Å²) >= 11 is 0. The molecule has 2 unspecified atom stereocenters. The van der Waals surface area contributed by atoms with Crippen LogP contribution in [0.2, 0.25) is 0 Å². The molecule has 0 saturated heterocycles. The number of ether oxygens (including phenoxy) is 5. The van der Waals surface area contributed by atoms with Crippen molar-refractivity contribution >= 4 is 60.6 Å². The van der Waals surface area contributed by atoms with Crippen LogP contribution in [0.4, 0.5) is 24.0 Å². The van der Waals surface area contributed by atoms with Gasteiger partial charge in [0.25, 0.3) is 0 Å². The predicted molar refractivity (Wildman–Crippen MR) is 289 cm³/mol. The van der Waals surface area contributed by atoms with Crippen molar-refractivity contribution in [3.8, 4) is 0 Å². The van der Waals surface area contributed by atoms with Crippen LogP contribution < -0.4 is 0 Å². The van der Waals surface area contributed by atoms with Gasteiger partial charge in [0.2, 0.25) is 0 Å². The fourth-order valence-electron chi connectivity index (χ4n) is 8.97. The number of aryl methyl sites for hydroxylation is 10. The highest BCUT2D eigenvalue weighted by Crippen LogP contribution is 2.30. The van der Waals surface area contributed by atoms with E-state index in [-0.39, 0.29) is 27.8 Å². The molecule has 5 aromatic carbocycles. The van der Waals surface area contributed by atoms with E-state index < -0.39 is 124 Å². The Morgan fingerprint density at radius 1 is 0.271 bits per heavy atom. The van der Waals surface area contributed by atoms with Crippen molar-refractivity contribution in [3.63, 3.8) is 0 Å². The van der Waals surface area contributed by atoms with Gasteiger partial charge in [-0.15, -0.1) is 0 Å². The Balaban J connectivity index is 1.44. The molecule has 5 rings (SSSR count). The van der Waals surface area contributed by atoms with Crippen LogP contribution in [0.15, 0.2) is 91.0 Å². The SMILES string of the molecule is Cc1cccc(C)c1C(=O)OOC(=O)OCCC(COC(=O)OOC(=O)c1c(C)cccc1C)C(COC(=O)OOC(=O)c1c(C)cccc1C)C(CCOC(=O)OOC(=O)c1c(C)cccc1C)COC(=O)OOC(=O)c1c(C)cccc1C. The van der Waals surface area contributed by atoms with Crippen LogP contribution >= 0.6 is 0 Å². The Morgan fingerprint density at radius 2 is 0.459 bits per heavy atom. The number of rotatable bonds is 19. The van der Waals surface area contributed by atoms with Crippen molar-refractivity contribution in [1.29, 1.82) is 0 Å². The van der Waals surface area contributed by atoms with E-state index in [0.29, 0.717) is 55.6 Å². The zero-order chi connectivity index (χ0) is 62.3. The van der Waals surface area contributed by atoms with E-state index in [1.54, 1.807) is 160 Å². The van der Waals surface area contributed by atoms with Gasteiger partial charge in [0.05, 0.1) is 60.9 Å². The summed E-state index contributed by atoms with van der Waals surface area (Å²) in [6.07, 6.45) is -8.80. The first-order chi connectivity index (χ1) is 40.5. The maximum atomic E-state index is 13.3. The first kappa shape index (κ1) is 65.6. The molecule has 0 aliphatic heterocycles. The fraction of sp³-hybridized carbons (Fsp3) is 0.333. The third-order valence-electron chi connectivity index (χ3n) is 13.2. The molecule has 0 N–H and O–H groups in total. The largest absolute Gasteiger partial charge is 0.549 e. The van der Waals surface area contributed by atoms with Gasteiger partial charge in [-0.05, 0) is 138 Å². The second-order valence-electron chi connectivity index (χ2n) is 19.2. The maximum absolute atomic E-state index is 13.3. The van der Waals surface area contributed by atoms with Gasteiger partial charge >= 0.3 is 60.6 Å². The molecule has 0 radical (unpaired) electrons. The third kappa shape index (κ3) is 19.5. The van der Waals surface area contributed by atoms with Crippen LogP contribution in [-0.2, 0) is 72.6 Å². The molecular formula is C60H62O25. The number of carbonyl (C=O) groups excluding carboxylic acids is 10. The quantitative estimate of drug-likeness (QED) is 0.0321. The average molecular weight is 1180 g/mol. The number of hydrogen-bond donors (Lipinski definition) is 0. The Kier molecular flexibility index (Phi) is 24.6. The molecule has 0 aliphatic carbocycles. The highest BCUT2D eigenvalue weighted by Gasteiger charge is 2.36. The van der Waals surface area contributed by atoms with Crippen molar-refractivity contribution < 1.29 is 121 Å². The lowest BCUT2D eigenvalue weighted by Gasteiger charge is -2.32. The van der Waals surface area contributed by atoms with E-state index in [4.69, 9.17) is 62.8 Å². The molecule has 2 atom stereocenters. The van der Waals surface area contributed by atoms with Crippen molar-refractivity contribution in [2.75, 3.05) is 33.0 Å². The molecule has 0 saturated carbocycles. The van der Waals surface area contributed by atoms with Crippen LogP contribution in [0.1, 0.15) is 120 Å². The van der Waals surface area contributed by atoms with Gasteiger partial charge in [0.1, 0.15) is 0 Å². The molecule has 0 heterocycles. The smallest absolute Gasteiger partial charge is 0.432 e. The minimum atomic E-state index is -1.63. The van der Waals surface area contributed by atoms with Gasteiger partial charge in [-0.25, -0.2) is 72.8 Å². The summed E-state index contributed by atoms with van der Waals surface area (Å²) in [5, 5.41) is 0. The average Bonchev–Trinajstić information content (AvgIpc) is 3.66. The van der Waals surface area contributed by atoms with Gasteiger partial charge in [0, 0.05) is 17.8 Å². The highest BCUT2D eigenvalue weighted by molar-refractivity contribution is 5.95. The molecular weight excluding hydrogens is 1120 g/mol. The van der Waals surface area contributed by atoms with Crippen LogP contribution in [0.3, 0.4) is 0 Å². The van der Waals surface area contributed by atoms with Gasteiger partial charge in [-0.1, -0.05) is 91.0 Å². The lowest BCUT2D eigenvalue weighted by Crippen LogP contribution is -2.37. The van der Waals surface area contributed by atoms with E-state index in [9.17, 15) is 47.9 Å². The van der Waals surface area contributed by atoms with Crippen molar-refractivity contribution in [2.45, 2.75) is 82.1 Å². The Bertz CT molecular complexity index is 3000. The van der Waals surface area contributed by atoms with Gasteiger partial charge < -0.3 is 23.7 Å². The summed E-state index contributed by atoms with van der Waals surface area (Å²) in [7, 11) is 0. The summed E-state index contributed by atoms with van der Waals surface area (Å²) in [6, 6.07) is 24.6. The Morgan fingerprint density at radius 3 is 0.671 bits per heavy atom. The van der Waals surface area contributed by atoms with E-state index in [1.165, 1.54) is 0 Å². The normalized spacial score (nSPS) is 11.6. The Hall–Kier alpha value is -10.2. The second kappa shape index (κ2) is 31.9. The standard InChI is InChI=1S/C60H62O25/c1-33-16-11-17-34(2)46(33)51(61)76-81-56(66)71-28-26-43(30-73-58(68)83-78-53(63)48-37(5)20-13-21-38(48)6)45(32-75-60(70)85-80-55(65)50-41(9)24-15-25-42(50)10)44(31-74-59(69)84-79-54(64)49-39(7)22-14-23-40(49)8)27-29-72-57(67)82-77-52(62)47-35(3)18-12-19-36(47)4/h11-25,43-45H,26-32H2,1-10H3. The summed E-state index contributed by atoms with van der Waals surface area (Å²) in [5.41, 5.74) is 5.32. The van der Waals surface area contributed by atoms with Crippen LogP contribution in [0.5, 0.6) is 0 Å². The molecule has 25 heteroatoms. The van der Waals surface area contributed by atoms with Gasteiger partial charge in [-0.3, -0.25) is 0 Å². The molecule has 452 valence electrons. The lowest BCUT2D eigenvalue weighted by atomic mass is 9.79. The Labute approximate surface area is 487 Å². The molecule has 85 heavy (non-hydrogen) atoms. The predicted octanol–water partition coefficient (Wildman–Crippen LogP) is 11.3. The summed E-state index contributed by atoms with van der Waals surface area (Å²) in [6.45, 7) is 12.3. The number of carbonyl (C=O) groups is 10. The third-order valence-corrected chi connectivity index (χ3v) is 13.2. The first-order valence-corrected chi connectivity index (χ1v) is 26.1. The molecule has 5 aromatic rings. The second-order valence-corrected chi connectivity index (χ2v) is 19.2. The lowest BCUT2D eigenvalue weighted by molar-refractivity contribution is -0.210. The molecule has 25 nitrogen and oxygen atoms in total. The fourth-order valence-corrected chi connectivity index (χ4v) is 8.97. The molecule has 0 spiro atoms. The van der Waals surface area contributed by atoms with Crippen molar-refractivity contribution in [1.82, 2.24) is 0 Å². The summed E-state index contributed by atoms with van der Waals surface area (Å²) in [4.78, 5) is 178. The monoisotopic (exact) mass is 1180 g/mol. The molecule has 0 aromatic heterocycles. The van der Waals surface area contributed by atoms with Crippen LogP contribution in [0, 0.1) is 87.0 Å². The minimum Gasteiger partial charge on any atom is -0.432 e. The highest BCUT2D eigenvalue weighted by atomic mass is 17.3. The van der Waals surface area contributed by atoms with Crippen LogP contribution in [-0.4, -0.2) is 93.7 Å². The molecule has 0 aliphatic rings. The van der Waals surface area contributed by atoms with Crippen molar-refractivity contribution in [3.05, 3.63) is 174 Å². The molecule has 0 fully saturated rings. The zero-order valence-electron chi connectivity index (χ0n) is 48.0. The van der Waals surface area contributed by atoms with Crippen molar-refractivity contribution in [2.24, 2.45) is 17.8 Å². The summed E-state index contributed by atoms with van der Waals surface area (Å²) < 4.78 is 26.6. The van der Waals surface area contributed by atoms with E-state index in [1.807, 2.05) is 0 Å². The minimum absolute atomic E-state index is 0.0676. The van der Waals surface area contributed by atoms with Crippen LogP contribution in [0.25, 0.3) is 0 Å². The van der Waals surface area contributed by atoms with Gasteiger partial charge in [0.15, 0.2) is 0 Å². The first-order valence-electron chi connectivity index (χ1n) is 26.1. The summed E-state index contributed by atoms with van der Waals surface area (Å²) in [5.74, 6) is -9.30. The molecule has 0 bridgehead atoms. The number of benzene rings is 5. The topological polar surface area (TPSA) is 309 Å². The van der Waals surface area contributed by atoms with E-state index in [2.05, 4.69) is 9.78 Å². The maximum Gasteiger partial charge on any atom is 0.549 e. The van der Waals surface area contributed by atoms with Gasteiger partial charge in [-0.2, -0.15) is 24.0 Å².